The van der Waals surface area contributed by atoms with Crippen LogP contribution in [0.4, 0.5) is 18.0 Å². The Morgan fingerprint density at radius 3 is 2.31 bits per heavy atom. The number of H-pyrrole nitrogens is 1. The fourth-order valence-corrected chi connectivity index (χ4v) is 5.81. The SMILES string of the molecule is CCS(=O)(=O)c1ccc(Cl)cc1Cn1c(=O)[nH]c2c(CN3CCN(C(=O)O)CC3)cc(C(F)(F)F)cc2c1=O. The molecule has 4 rings (SSSR count). The number of rotatable bonds is 6. The van der Waals surface area contributed by atoms with Gasteiger partial charge in [-0.05, 0) is 41.5 Å². The average molecular weight is 589 g/mol. The predicted octanol–water partition coefficient (Wildman–Crippen LogP) is 3.00. The largest absolute Gasteiger partial charge is 0.465 e. The Labute approximate surface area is 225 Å². The number of carboxylic acid groups (broad SMARTS) is 1. The van der Waals surface area contributed by atoms with E-state index in [1.165, 1.54) is 30.0 Å². The minimum atomic E-state index is -4.80. The standard InChI is InChI=1S/C24H24ClF3N4O6S/c1-2-39(37,38)19-4-3-17(25)10-14(19)13-32-21(33)18-11-16(24(26,27)28)9-15(20(18)29-22(32)34)12-30-5-7-31(8-6-30)23(35)36/h3-4,9-11H,2,5-8,12-13H2,1H3,(H,29,34)(H,35,36). The Morgan fingerprint density at radius 2 is 1.72 bits per heavy atom. The van der Waals surface area contributed by atoms with Crippen molar-refractivity contribution in [3.05, 3.63) is 72.9 Å². The zero-order chi connectivity index (χ0) is 28.7. The third-order valence-corrected chi connectivity index (χ3v) is 8.67. The second kappa shape index (κ2) is 10.7. The van der Waals surface area contributed by atoms with E-state index in [1.807, 2.05) is 0 Å². The van der Waals surface area contributed by atoms with Crippen molar-refractivity contribution in [1.82, 2.24) is 19.4 Å². The summed E-state index contributed by atoms with van der Waals surface area (Å²) in [7, 11) is -3.77. The van der Waals surface area contributed by atoms with Gasteiger partial charge in [-0.1, -0.05) is 18.5 Å². The van der Waals surface area contributed by atoms with Crippen LogP contribution >= 0.6 is 11.6 Å². The minimum Gasteiger partial charge on any atom is -0.465 e. The fraction of sp³-hybridized carbons (Fsp3) is 0.375. The fourth-order valence-electron chi connectivity index (χ4n) is 4.50. The highest BCUT2D eigenvalue weighted by molar-refractivity contribution is 7.91. The molecule has 0 bridgehead atoms. The van der Waals surface area contributed by atoms with E-state index in [9.17, 15) is 36.0 Å². The number of hydrogen-bond donors (Lipinski definition) is 2. The van der Waals surface area contributed by atoms with Gasteiger partial charge in [0.2, 0.25) is 0 Å². The van der Waals surface area contributed by atoms with Crippen molar-refractivity contribution in [2.75, 3.05) is 31.9 Å². The Bertz CT molecular complexity index is 1660. The first-order chi connectivity index (χ1) is 18.2. The Hall–Kier alpha value is -3.36. The van der Waals surface area contributed by atoms with Gasteiger partial charge in [0.05, 0.1) is 33.7 Å². The number of sulfone groups is 1. The number of aromatic nitrogens is 2. The van der Waals surface area contributed by atoms with Gasteiger partial charge in [-0.3, -0.25) is 14.3 Å². The smallest absolute Gasteiger partial charge is 0.416 e. The number of nitrogens with zero attached hydrogens (tertiary/aromatic N) is 3. The van der Waals surface area contributed by atoms with E-state index >= 15 is 0 Å². The number of benzene rings is 2. The van der Waals surface area contributed by atoms with E-state index in [2.05, 4.69) is 4.98 Å². The van der Waals surface area contributed by atoms with Crippen molar-refractivity contribution in [1.29, 1.82) is 0 Å². The van der Waals surface area contributed by atoms with E-state index in [-0.39, 0.29) is 65.0 Å². The van der Waals surface area contributed by atoms with Crippen LogP contribution in [0.5, 0.6) is 0 Å². The van der Waals surface area contributed by atoms with E-state index in [1.54, 1.807) is 4.90 Å². The van der Waals surface area contributed by atoms with Crippen LogP contribution in [0.1, 0.15) is 23.6 Å². The van der Waals surface area contributed by atoms with Crippen molar-refractivity contribution >= 4 is 38.4 Å². The Morgan fingerprint density at radius 1 is 1.05 bits per heavy atom. The minimum absolute atomic E-state index is 0.0415. The topological polar surface area (TPSA) is 133 Å². The summed E-state index contributed by atoms with van der Waals surface area (Å²) < 4.78 is 67.2. The number of alkyl halides is 3. The van der Waals surface area contributed by atoms with Crippen molar-refractivity contribution in [2.45, 2.75) is 31.1 Å². The highest BCUT2D eigenvalue weighted by Gasteiger charge is 2.33. The first-order valence-electron chi connectivity index (χ1n) is 11.8. The molecule has 1 fully saturated rings. The number of halogens is 4. The normalized spacial score (nSPS) is 15.2. The highest BCUT2D eigenvalue weighted by Crippen LogP contribution is 2.32. The molecular formula is C24H24ClF3N4O6S. The quantitative estimate of drug-likeness (QED) is 0.452. The predicted molar refractivity (Wildman–Crippen MR) is 137 cm³/mol. The molecule has 0 atom stereocenters. The van der Waals surface area contributed by atoms with Gasteiger partial charge in [-0.25, -0.2) is 18.0 Å². The lowest BCUT2D eigenvalue weighted by atomic mass is 10.0. The molecule has 3 aromatic rings. The van der Waals surface area contributed by atoms with E-state index < -0.39 is 50.9 Å². The van der Waals surface area contributed by atoms with Gasteiger partial charge in [0.25, 0.3) is 5.56 Å². The molecule has 1 aromatic heterocycles. The van der Waals surface area contributed by atoms with E-state index in [4.69, 9.17) is 16.7 Å². The third-order valence-electron chi connectivity index (χ3n) is 6.60. The molecule has 39 heavy (non-hydrogen) atoms. The molecule has 1 amide bonds. The van der Waals surface area contributed by atoms with Gasteiger partial charge in [0.15, 0.2) is 9.84 Å². The molecule has 1 aliphatic rings. The summed E-state index contributed by atoms with van der Waals surface area (Å²) in [6.07, 6.45) is -5.90. The van der Waals surface area contributed by atoms with E-state index in [0.717, 1.165) is 6.07 Å². The van der Waals surface area contributed by atoms with Crippen LogP contribution in [0.15, 0.2) is 44.8 Å². The molecule has 1 saturated heterocycles. The lowest BCUT2D eigenvalue weighted by molar-refractivity contribution is -0.137. The van der Waals surface area contributed by atoms with Crippen LogP contribution in [0.25, 0.3) is 10.9 Å². The summed E-state index contributed by atoms with van der Waals surface area (Å²) in [4.78, 5) is 42.9. The summed E-state index contributed by atoms with van der Waals surface area (Å²) in [6.45, 7) is 1.60. The Balaban J connectivity index is 1.83. The first-order valence-corrected chi connectivity index (χ1v) is 13.8. The number of carbonyl (C=O) groups is 1. The van der Waals surface area contributed by atoms with Gasteiger partial charge in [-0.2, -0.15) is 13.2 Å². The molecule has 0 radical (unpaired) electrons. The lowest BCUT2D eigenvalue weighted by Crippen LogP contribution is -2.47. The van der Waals surface area contributed by atoms with Gasteiger partial charge < -0.3 is 15.0 Å². The molecule has 15 heteroatoms. The molecule has 10 nitrogen and oxygen atoms in total. The monoisotopic (exact) mass is 588 g/mol. The van der Waals surface area contributed by atoms with Crippen molar-refractivity contribution < 1.29 is 31.5 Å². The molecule has 0 spiro atoms. The third kappa shape index (κ3) is 5.97. The zero-order valence-electron chi connectivity index (χ0n) is 20.6. The maximum Gasteiger partial charge on any atom is 0.416 e. The maximum atomic E-state index is 13.8. The summed E-state index contributed by atoms with van der Waals surface area (Å²) in [6, 6.07) is 5.39. The van der Waals surface area contributed by atoms with Crippen LogP contribution < -0.4 is 11.2 Å². The first kappa shape index (κ1) is 28.6. The molecule has 0 unspecified atom stereocenters. The number of piperazine rings is 1. The van der Waals surface area contributed by atoms with Crippen LogP contribution in [0.3, 0.4) is 0 Å². The van der Waals surface area contributed by atoms with Crippen LogP contribution in [0, 0.1) is 0 Å². The molecule has 0 saturated carbocycles. The summed E-state index contributed by atoms with van der Waals surface area (Å²) in [5.74, 6) is -0.260. The van der Waals surface area contributed by atoms with Crippen LogP contribution in [-0.2, 0) is 29.1 Å². The summed E-state index contributed by atoms with van der Waals surface area (Å²) in [5.41, 5.74) is -3.06. The van der Waals surface area contributed by atoms with Gasteiger partial charge in [0, 0.05) is 37.7 Å². The van der Waals surface area contributed by atoms with Crippen molar-refractivity contribution in [3.8, 4) is 0 Å². The second-order valence-electron chi connectivity index (χ2n) is 9.08. The van der Waals surface area contributed by atoms with Gasteiger partial charge in [0.1, 0.15) is 0 Å². The number of hydrogen-bond acceptors (Lipinski definition) is 6. The summed E-state index contributed by atoms with van der Waals surface area (Å²) in [5, 5.41) is 8.88. The molecule has 210 valence electrons. The summed E-state index contributed by atoms with van der Waals surface area (Å²) >= 11 is 6.03. The molecule has 1 aliphatic heterocycles. The molecule has 2 aromatic carbocycles. The molecule has 0 aliphatic carbocycles. The van der Waals surface area contributed by atoms with Gasteiger partial charge in [-0.15, -0.1) is 0 Å². The zero-order valence-corrected chi connectivity index (χ0v) is 22.2. The van der Waals surface area contributed by atoms with Crippen molar-refractivity contribution in [2.24, 2.45) is 0 Å². The van der Waals surface area contributed by atoms with Crippen molar-refractivity contribution in [3.63, 3.8) is 0 Å². The second-order valence-corrected chi connectivity index (χ2v) is 11.8. The number of nitrogens with one attached hydrogen (secondary N) is 1. The number of aromatic amines is 1. The number of amides is 1. The van der Waals surface area contributed by atoms with Crippen LogP contribution in [-0.4, -0.2) is 70.9 Å². The average Bonchev–Trinajstić information content (AvgIpc) is 2.86. The Kier molecular flexibility index (Phi) is 7.83. The lowest BCUT2D eigenvalue weighted by Gasteiger charge is -2.33. The van der Waals surface area contributed by atoms with E-state index in [0.29, 0.717) is 10.6 Å². The molecule has 2 heterocycles. The van der Waals surface area contributed by atoms with Crippen LogP contribution in [0.2, 0.25) is 5.02 Å². The molecular weight excluding hydrogens is 565 g/mol. The maximum absolute atomic E-state index is 13.8. The van der Waals surface area contributed by atoms with Gasteiger partial charge >= 0.3 is 18.0 Å². The molecule has 2 N–H and O–H groups in total. The highest BCUT2D eigenvalue weighted by atomic mass is 35.5. The number of fused-ring (bicyclic) bond motifs is 1.